The maximum absolute atomic E-state index is 14.7. The van der Waals surface area contributed by atoms with Crippen LogP contribution in [0.3, 0.4) is 0 Å². The number of aromatic nitrogens is 4. The molecule has 0 aliphatic rings. The van der Waals surface area contributed by atoms with Crippen LogP contribution in [0.15, 0.2) is 57.8 Å². The van der Waals surface area contributed by atoms with Gasteiger partial charge < -0.3 is 25.2 Å². The lowest BCUT2D eigenvalue weighted by molar-refractivity contribution is 0.0992. The Kier molecular flexibility index (Phi) is 4.90. The molecule has 37 heavy (non-hydrogen) atoms. The highest BCUT2D eigenvalue weighted by Gasteiger charge is 2.22. The van der Waals surface area contributed by atoms with E-state index in [-0.39, 0.29) is 34.0 Å². The summed E-state index contributed by atoms with van der Waals surface area (Å²) in [6.07, 6.45) is 4.58. The Morgan fingerprint density at radius 1 is 0.973 bits per heavy atom. The number of carbonyl (C=O) groups excluding carboxylic acids is 2. The maximum atomic E-state index is 14.7. The maximum Gasteiger partial charge on any atom is 0.293 e. The van der Waals surface area contributed by atoms with Crippen molar-refractivity contribution in [2.45, 2.75) is 13.8 Å². The summed E-state index contributed by atoms with van der Waals surface area (Å²) in [5.41, 5.74) is 8.91. The van der Waals surface area contributed by atoms with Gasteiger partial charge in [0.25, 0.3) is 11.8 Å². The van der Waals surface area contributed by atoms with E-state index in [0.717, 1.165) is 0 Å². The largest absolute Gasteiger partial charge is 0.454 e. The molecule has 4 N–H and O–H groups in total. The summed E-state index contributed by atoms with van der Waals surface area (Å²) in [5.74, 6) is -0.755. The zero-order chi connectivity index (χ0) is 25.8. The number of halogens is 1. The van der Waals surface area contributed by atoms with Gasteiger partial charge in [-0.1, -0.05) is 0 Å². The second-order valence-corrected chi connectivity index (χ2v) is 8.38. The van der Waals surface area contributed by atoms with Crippen LogP contribution < -0.4 is 16.4 Å². The zero-order valence-corrected chi connectivity index (χ0v) is 19.5. The van der Waals surface area contributed by atoms with Crippen LogP contribution in [-0.4, -0.2) is 31.2 Å². The first-order valence-corrected chi connectivity index (χ1v) is 11.1. The number of nitrogens with zero attached hydrogens (tertiary/aromatic N) is 4. The van der Waals surface area contributed by atoms with Crippen molar-refractivity contribution in [1.29, 1.82) is 0 Å². The van der Waals surface area contributed by atoms with E-state index < -0.39 is 17.6 Å². The molecule has 5 heterocycles. The lowest BCUT2D eigenvalue weighted by Gasteiger charge is -2.06. The number of anilines is 3. The zero-order valence-electron chi connectivity index (χ0n) is 19.5. The predicted octanol–water partition coefficient (Wildman–Crippen LogP) is 4.41. The van der Waals surface area contributed by atoms with Gasteiger partial charge in [-0.3, -0.25) is 14.0 Å². The van der Waals surface area contributed by atoms with E-state index in [1.807, 2.05) is 0 Å². The molecule has 0 unspecified atom stereocenters. The predicted molar refractivity (Wildman–Crippen MR) is 132 cm³/mol. The van der Waals surface area contributed by atoms with Crippen LogP contribution in [0.1, 0.15) is 32.5 Å². The summed E-state index contributed by atoms with van der Waals surface area (Å²) in [5, 5.41) is 5.42. The Bertz CT molecular complexity index is 1830. The van der Waals surface area contributed by atoms with Gasteiger partial charge in [0.2, 0.25) is 11.5 Å². The molecule has 0 fully saturated rings. The molecule has 0 atom stereocenters. The number of carbonyl (C=O) groups is 2. The van der Waals surface area contributed by atoms with E-state index in [4.69, 9.17) is 14.6 Å². The van der Waals surface area contributed by atoms with Gasteiger partial charge in [0.15, 0.2) is 11.5 Å². The first-order chi connectivity index (χ1) is 17.8. The molecule has 12 heteroatoms. The first-order valence-electron chi connectivity index (χ1n) is 11.1. The Morgan fingerprint density at radius 3 is 2.49 bits per heavy atom. The molecule has 6 aromatic rings. The summed E-state index contributed by atoms with van der Waals surface area (Å²) in [7, 11) is 0. The molecular weight excluding hydrogens is 481 g/mol. The number of rotatable bonds is 5. The second kappa shape index (κ2) is 8.16. The molecule has 2 bridgehead atoms. The topological polar surface area (TPSA) is 154 Å². The lowest BCUT2D eigenvalue weighted by atomic mass is 10.1. The number of imidazole rings is 1. The Balaban J connectivity index is 1.26. The van der Waals surface area contributed by atoms with Crippen molar-refractivity contribution in [3.8, 4) is 11.3 Å². The van der Waals surface area contributed by atoms with Crippen molar-refractivity contribution in [2.24, 2.45) is 0 Å². The molecule has 11 nitrogen and oxygen atoms in total. The van der Waals surface area contributed by atoms with Crippen LogP contribution >= 0.6 is 0 Å². The third kappa shape index (κ3) is 3.80. The van der Waals surface area contributed by atoms with Crippen LogP contribution in [0.2, 0.25) is 0 Å². The van der Waals surface area contributed by atoms with E-state index in [9.17, 15) is 14.0 Å². The minimum Gasteiger partial charge on any atom is -0.454 e. The van der Waals surface area contributed by atoms with Crippen molar-refractivity contribution in [3.63, 3.8) is 0 Å². The number of nitrogens with two attached hydrogens (primary N) is 1. The molecule has 0 radical (unpaired) electrons. The fourth-order valence-electron chi connectivity index (χ4n) is 4.11. The summed E-state index contributed by atoms with van der Waals surface area (Å²) in [6, 6.07) is 7.48. The number of nitrogen functional groups attached to an aromatic ring is 1. The SMILES string of the molecule is Cc1nc(C)c(C(=O)Nc2ccc(F)c(-c3cn4cc(NC(=O)c5c(N)c6ccc5o6)cnc4n3)c2)o1. The summed E-state index contributed by atoms with van der Waals surface area (Å²) in [4.78, 5) is 38.0. The van der Waals surface area contributed by atoms with Crippen LogP contribution in [0.25, 0.3) is 28.2 Å². The number of benzene rings is 2. The fraction of sp³-hybridized carbons (Fsp3) is 0.0800. The average molecular weight is 499 g/mol. The van der Waals surface area contributed by atoms with Gasteiger partial charge in [-0.05, 0) is 37.3 Å². The number of nitrogens with one attached hydrogen (secondary N) is 2. The summed E-state index contributed by atoms with van der Waals surface area (Å²) < 4.78 is 27.0. The Morgan fingerprint density at radius 2 is 1.76 bits per heavy atom. The number of hydrogen-bond donors (Lipinski definition) is 3. The number of furan rings is 2. The van der Waals surface area contributed by atoms with Crippen LogP contribution in [-0.2, 0) is 0 Å². The monoisotopic (exact) mass is 499 g/mol. The van der Waals surface area contributed by atoms with Crippen LogP contribution in [0, 0.1) is 19.7 Å². The number of amides is 2. The molecule has 6 rings (SSSR count). The number of oxazole rings is 1. The molecular formula is C25H18FN7O4. The highest BCUT2D eigenvalue weighted by atomic mass is 19.1. The van der Waals surface area contributed by atoms with Gasteiger partial charge >= 0.3 is 0 Å². The van der Waals surface area contributed by atoms with E-state index in [1.54, 1.807) is 42.8 Å². The van der Waals surface area contributed by atoms with E-state index in [0.29, 0.717) is 34.1 Å². The number of fused-ring (bicyclic) bond motifs is 3. The minimum atomic E-state index is -0.539. The van der Waals surface area contributed by atoms with Gasteiger partial charge in [-0.2, -0.15) is 0 Å². The smallest absolute Gasteiger partial charge is 0.293 e. The van der Waals surface area contributed by atoms with E-state index in [1.165, 1.54) is 24.4 Å². The molecule has 5 aromatic heterocycles. The van der Waals surface area contributed by atoms with Crippen molar-refractivity contribution in [2.75, 3.05) is 16.4 Å². The van der Waals surface area contributed by atoms with Crippen molar-refractivity contribution in [1.82, 2.24) is 19.4 Å². The highest BCUT2D eigenvalue weighted by Crippen LogP contribution is 2.31. The van der Waals surface area contributed by atoms with Crippen molar-refractivity contribution < 1.29 is 22.8 Å². The lowest BCUT2D eigenvalue weighted by Crippen LogP contribution is -2.14. The molecule has 0 spiro atoms. The fourth-order valence-corrected chi connectivity index (χ4v) is 4.11. The second-order valence-electron chi connectivity index (χ2n) is 8.38. The molecule has 2 amide bonds. The summed E-state index contributed by atoms with van der Waals surface area (Å²) in [6.45, 7) is 3.30. The van der Waals surface area contributed by atoms with E-state index >= 15 is 0 Å². The molecule has 184 valence electrons. The van der Waals surface area contributed by atoms with Gasteiger partial charge in [0, 0.05) is 30.6 Å². The molecule has 0 aliphatic carbocycles. The standard InChI is InChI=1S/C25H18FN7O4/c1-11-22(36-12(2)29-11)24(35)30-13-3-4-16(26)15(7-13)17-10-33-9-14(8-28-25(33)32-17)31-23(34)20-18-5-6-19(37-18)21(20)27/h3-10H,27H2,1-2H3,(H,30,35)(H,31,34). The van der Waals surface area contributed by atoms with Gasteiger partial charge in [-0.15, -0.1) is 0 Å². The Hall–Kier alpha value is -5.26. The van der Waals surface area contributed by atoms with Crippen LogP contribution in [0.4, 0.5) is 21.5 Å². The van der Waals surface area contributed by atoms with E-state index in [2.05, 4.69) is 25.6 Å². The third-order valence-corrected chi connectivity index (χ3v) is 5.79. The van der Waals surface area contributed by atoms with Gasteiger partial charge in [0.1, 0.15) is 17.0 Å². The average Bonchev–Trinajstić information content (AvgIpc) is 3.63. The number of hydrogen-bond acceptors (Lipinski definition) is 8. The van der Waals surface area contributed by atoms with Crippen LogP contribution in [0.5, 0.6) is 0 Å². The first kappa shape index (κ1) is 22.2. The normalized spacial score (nSPS) is 11.4. The minimum absolute atomic E-state index is 0.0809. The molecule has 0 aliphatic heterocycles. The molecule has 1 aromatic carbocycles. The molecule has 0 saturated heterocycles. The van der Waals surface area contributed by atoms with Crippen molar-refractivity contribution >= 4 is 45.8 Å². The third-order valence-electron chi connectivity index (χ3n) is 5.79. The highest BCUT2D eigenvalue weighted by molar-refractivity contribution is 6.15. The molecule has 0 saturated carbocycles. The number of aryl methyl sites for hydroxylation is 2. The van der Waals surface area contributed by atoms with Gasteiger partial charge in [-0.25, -0.2) is 19.3 Å². The Labute approximate surface area is 207 Å². The van der Waals surface area contributed by atoms with Crippen molar-refractivity contribution in [3.05, 3.63) is 77.6 Å². The quantitative estimate of drug-likeness (QED) is 0.295. The summed E-state index contributed by atoms with van der Waals surface area (Å²) >= 11 is 0. The van der Waals surface area contributed by atoms with Gasteiger partial charge in [0.05, 0.1) is 29.0 Å².